The highest BCUT2D eigenvalue weighted by Gasteiger charge is 2.75. The Morgan fingerprint density at radius 2 is 1.84 bits per heavy atom. The molecule has 3 amide bonds. The summed E-state index contributed by atoms with van der Waals surface area (Å²) in [7, 11) is 0. The number of ether oxygens (including phenoxy) is 2. The van der Waals surface area contributed by atoms with Crippen molar-refractivity contribution < 1.29 is 33.8 Å². The Bertz CT molecular complexity index is 1370. The van der Waals surface area contributed by atoms with Crippen molar-refractivity contribution in [1.29, 1.82) is 0 Å². The van der Waals surface area contributed by atoms with Gasteiger partial charge >= 0.3 is 5.97 Å². The molecule has 1 aromatic carbocycles. The highest BCUT2D eigenvalue weighted by Crippen LogP contribution is 2.59. The van der Waals surface area contributed by atoms with Crippen LogP contribution in [-0.2, 0) is 28.7 Å². The number of cyclic esters (lactones) is 1. The molecule has 2 N–H and O–H groups in total. The van der Waals surface area contributed by atoms with Gasteiger partial charge in [0, 0.05) is 23.1 Å². The summed E-state index contributed by atoms with van der Waals surface area (Å²) in [5.74, 6) is -3.77. The number of carbonyl (C=O) groups is 4. The summed E-state index contributed by atoms with van der Waals surface area (Å²) in [6.45, 7) is 9.43. The van der Waals surface area contributed by atoms with E-state index in [1.54, 1.807) is 17.9 Å². The Morgan fingerprint density at radius 3 is 2.50 bits per heavy atom. The number of benzene rings is 1. The average Bonchev–Trinajstić information content (AvgIpc) is 3.57. The number of para-hydroxylation sites is 1. The topological polar surface area (TPSA) is 125 Å². The first kappa shape index (κ1) is 32.4. The van der Waals surface area contributed by atoms with Gasteiger partial charge < -0.3 is 29.7 Å². The second kappa shape index (κ2) is 12.8. The first-order valence-electron chi connectivity index (χ1n) is 15.5. The number of fused-ring (bicyclic) bond motifs is 2. The molecule has 4 aliphatic rings. The number of likely N-dealkylation sites (tertiary alicyclic amines) is 1. The average molecular weight is 673 g/mol. The molecule has 0 radical (unpaired) electrons. The van der Waals surface area contributed by atoms with Gasteiger partial charge in [-0.2, -0.15) is 0 Å². The lowest BCUT2D eigenvalue weighted by atomic mass is 9.74. The number of rotatable bonds is 5. The Morgan fingerprint density at radius 1 is 1.14 bits per heavy atom. The van der Waals surface area contributed by atoms with E-state index in [9.17, 15) is 19.5 Å². The predicted molar refractivity (Wildman–Crippen MR) is 168 cm³/mol. The number of esters is 1. The zero-order valence-electron chi connectivity index (χ0n) is 25.9. The second-order valence-corrected chi connectivity index (χ2v) is 13.4. The number of aliphatic hydroxyl groups is 1. The summed E-state index contributed by atoms with van der Waals surface area (Å²) in [5.41, 5.74) is 1.03. The fourth-order valence-corrected chi connectivity index (χ4v) is 7.96. The molecule has 11 heteroatoms. The van der Waals surface area contributed by atoms with Crippen molar-refractivity contribution in [2.75, 3.05) is 24.6 Å². The van der Waals surface area contributed by atoms with Gasteiger partial charge in [0.05, 0.1) is 25.1 Å². The van der Waals surface area contributed by atoms with Gasteiger partial charge in [-0.05, 0) is 50.3 Å². The maximum atomic E-state index is 15.1. The molecule has 5 bridgehead atoms. The largest absolute Gasteiger partial charge is 0.460 e. The Kier molecular flexibility index (Phi) is 9.39. The van der Waals surface area contributed by atoms with Gasteiger partial charge in [0.15, 0.2) is 0 Å². The molecule has 4 heterocycles. The molecule has 0 aliphatic carbocycles. The van der Waals surface area contributed by atoms with Crippen molar-refractivity contribution in [1.82, 2.24) is 10.2 Å². The van der Waals surface area contributed by atoms with E-state index in [1.165, 1.54) is 4.90 Å². The number of halogens is 1. The summed E-state index contributed by atoms with van der Waals surface area (Å²) in [6.07, 6.45) is 5.41. The number of nitrogens with zero attached hydrogens (tertiary/aromatic N) is 2. The maximum absolute atomic E-state index is 15.1. The lowest BCUT2D eigenvalue weighted by molar-refractivity contribution is -0.159. The van der Waals surface area contributed by atoms with Crippen LogP contribution in [0.3, 0.4) is 0 Å². The van der Waals surface area contributed by atoms with Crippen LogP contribution in [0.4, 0.5) is 5.69 Å². The van der Waals surface area contributed by atoms with Crippen molar-refractivity contribution in [2.24, 2.45) is 17.8 Å². The third-order valence-electron chi connectivity index (χ3n) is 9.59. The van der Waals surface area contributed by atoms with Crippen LogP contribution < -0.4 is 10.2 Å². The molecule has 0 unspecified atom stereocenters. The first-order valence-corrected chi connectivity index (χ1v) is 16.2. The third kappa shape index (κ3) is 5.41. The van der Waals surface area contributed by atoms with Crippen LogP contribution >= 0.6 is 15.9 Å². The van der Waals surface area contributed by atoms with Crippen LogP contribution in [-0.4, -0.2) is 83.3 Å². The summed E-state index contributed by atoms with van der Waals surface area (Å²) in [5, 5.41) is 13.5. The molecule has 0 aromatic heterocycles. The van der Waals surface area contributed by atoms with Crippen molar-refractivity contribution in [2.45, 2.75) is 83.8 Å². The predicted octanol–water partition coefficient (Wildman–Crippen LogP) is 3.31. The number of aliphatic hydroxyl groups excluding tert-OH is 1. The molecule has 44 heavy (non-hydrogen) atoms. The Hall–Kier alpha value is -3.02. The first-order chi connectivity index (χ1) is 21.0. The number of nitrogens with one attached hydrogen (secondary N) is 1. The molecule has 2 saturated heterocycles. The van der Waals surface area contributed by atoms with E-state index in [0.29, 0.717) is 17.3 Å². The molecule has 1 spiro atoms. The maximum Gasteiger partial charge on any atom is 0.313 e. The minimum absolute atomic E-state index is 0.126. The number of hydrogen-bond donors (Lipinski definition) is 2. The standard InChI is InChI=1S/C33H42BrN3O7/c1-6-18(2)23(17-38)37-29-31(41)36(27-19(3)11-10-12-20(27)4)14-9-7-8-13-24(39)35-16-21(5)43-32(42)25-26(30(37)40)33(29)15-22(34)28(25)44-33/h7,9-12,15,18,21,23,25-26,28-29,38H,6,8,13-14,16-17H2,1-5H3,(H,35,39)/b9-7-/t18-,21+,23-,25-,26+,28-,29-,33+/m0/s1. The SMILES string of the molecule is CC[C@H](C)[C@H](CO)N1C(=O)[C@H]2[C@@H]3C(=O)O[C@H](C)CNC(=O)CC/C=C\CN(c4c(C)cccc4C)C(=O)[C@H]1[C@@]21C=C(Br)[C@@H]3O1. The van der Waals surface area contributed by atoms with Gasteiger partial charge in [-0.1, -0.05) is 66.5 Å². The fourth-order valence-electron chi connectivity index (χ4n) is 7.22. The third-order valence-corrected chi connectivity index (χ3v) is 10.3. The Balaban J connectivity index is 1.70. The van der Waals surface area contributed by atoms with Gasteiger partial charge in [-0.3, -0.25) is 19.2 Å². The van der Waals surface area contributed by atoms with Crippen LogP contribution in [0.2, 0.25) is 0 Å². The van der Waals surface area contributed by atoms with Crippen LogP contribution in [0.15, 0.2) is 40.9 Å². The molecule has 5 rings (SSSR count). The smallest absolute Gasteiger partial charge is 0.313 e. The number of amides is 3. The second-order valence-electron chi connectivity index (χ2n) is 12.5. The zero-order valence-corrected chi connectivity index (χ0v) is 27.5. The van der Waals surface area contributed by atoms with E-state index in [1.807, 2.05) is 58.0 Å². The van der Waals surface area contributed by atoms with Gasteiger partial charge in [0.1, 0.15) is 29.8 Å². The van der Waals surface area contributed by atoms with E-state index >= 15 is 4.79 Å². The van der Waals surface area contributed by atoms with Crippen molar-refractivity contribution in [3.63, 3.8) is 0 Å². The molecular formula is C33H42BrN3O7. The normalized spacial score (nSPS) is 33.1. The van der Waals surface area contributed by atoms with Gasteiger partial charge in [0.25, 0.3) is 5.91 Å². The van der Waals surface area contributed by atoms with Gasteiger partial charge in [0.2, 0.25) is 11.8 Å². The van der Waals surface area contributed by atoms with E-state index in [0.717, 1.165) is 16.8 Å². The molecular weight excluding hydrogens is 630 g/mol. The van der Waals surface area contributed by atoms with Crippen molar-refractivity contribution in [3.8, 4) is 0 Å². The molecule has 4 aliphatic heterocycles. The Labute approximate surface area is 266 Å². The van der Waals surface area contributed by atoms with E-state index in [-0.39, 0.29) is 43.8 Å². The quantitative estimate of drug-likeness (QED) is 0.364. The number of hydrogen-bond acceptors (Lipinski definition) is 7. The van der Waals surface area contributed by atoms with Crippen molar-refractivity contribution in [3.05, 3.63) is 52.0 Å². The van der Waals surface area contributed by atoms with Crippen LogP contribution in [0, 0.1) is 31.6 Å². The summed E-state index contributed by atoms with van der Waals surface area (Å²) in [6, 6.07) is 3.97. The van der Waals surface area contributed by atoms with Gasteiger partial charge in [-0.15, -0.1) is 0 Å². The molecule has 1 aromatic rings. The molecule has 238 valence electrons. The lowest BCUT2D eigenvalue weighted by Crippen LogP contribution is -2.60. The number of aryl methyl sites for hydroxylation is 2. The molecule has 10 nitrogen and oxygen atoms in total. The van der Waals surface area contributed by atoms with Gasteiger partial charge in [-0.25, -0.2) is 0 Å². The molecule has 8 atom stereocenters. The minimum atomic E-state index is -1.45. The fraction of sp³-hybridized carbons (Fsp3) is 0.576. The lowest BCUT2D eigenvalue weighted by Gasteiger charge is -2.40. The van der Waals surface area contributed by atoms with Crippen LogP contribution in [0.5, 0.6) is 0 Å². The molecule has 0 saturated carbocycles. The summed E-state index contributed by atoms with van der Waals surface area (Å²) >= 11 is 3.58. The highest BCUT2D eigenvalue weighted by molar-refractivity contribution is 9.11. The minimum Gasteiger partial charge on any atom is -0.460 e. The van der Waals surface area contributed by atoms with E-state index in [2.05, 4.69) is 21.2 Å². The van der Waals surface area contributed by atoms with E-state index < -0.39 is 53.6 Å². The van der Waals surface area contributed by atoms with Crippen LogP contribution in [0.1, 0.15) is 51.2 Å². The van der Waals surface area contributed by atoms with E-state index in [4.69, 9.17) is 9.47 Å². The molecule has 2 fully saturated rings. The highest BCUT2D eigenvalue weighted by atomic mass is 79.9. The summed E-state index contributed by atoms with van der Waals surface area (Å²) < 4.78 is 12.9. The summed E-state index contributed by atoms with van der Waals surface area (Å²) in [4.78, 5) is 59.1. The number of carbonyl (C=O) groups excluding carboxylic acids is 4. The number of allylic oxidation sites excluding steroid dienone is 1. The number of anilines is 1. The van der Waals surface area contributed by atoms with Crippen molar-refractivity contribution >= 4 is 45.3 Å². The zero-order chi connectivity index (χ0) is 31.9. The van der Waals surface area contributed by atoms with Crippen LogP contribution in [0.25, 0.3) is 0 Å². The monoisotopic (exact) mass is 671 g/mol.